The standard InChI is InChI=1S/C17H16F3N3O2/c1-11-7-8-12(9-21-11)16(25)23(2)10-15(24)22-14-6-4-3-5-13(14)17(18,19)20/h3-9H,10H2,1-2H3,(H,22,24). The van der Waals surface area contributed by atoms with E-state index in [0.717, 1.165) is 22.7 Å². The zero-order valence-corrected chi connectivity index (χ0v) is 13.6. The average Bonchev–Trinajstić information content (AvgIpc) is 2.54. The van der Waals surface area contributed by atoms with E-state index >= 15 is 0 Å². The van der Waals surface area contributed by atoms with Crippen molar-refractivity contribution in [1.29, 1.82) is 0 Å². The number of carbonyl (C=O) groups is 2. The Morgan fingerprint density at radius 1 is 1.16 bits per heavy atom. The van der Waals surface area contributed by atoms with Crippen LogP contribution >= 0.6 is 0 Å². The van der Waals surface area contributed by atoms with Crippen LogP contribution in [0.4, 0.5) is 18.9 Å². The Hall–Kier alpha value is -2.90. The lowest BCUT2D eigenvalue weighted by Gasteiger charge is -2.18. The first kappa shape index (κ1) is 18.4. The first-order valence-corrected chi connectivity index (χ1v) is 7.32. The summed E-state index contributed by atoms with van der Waals surface area (Å²) in [5.41, 5.74) is -0.268. The minimum absolute atomic E-state index is 0.289. The number of hydrogen-bond acceptors (Lipinski definition) is 3. The van der Waals surface area contributed by atoms with Crippen molar-refractivity contribution < 1.29 is 22.8 Å². The van der Waals surface area contributed by atoms with Crippen molar-refractivity contribution in [3.8, 4) is 0 Å². The Kier molecular flexibility index (Phi) is 5.41. The maximum Gasteiger partial charge on any atom is 0.418 e. The highest BCUT2D eigenvalue weighted by molar-refractivity contribution is 5.99. The fourth-order valence-corrected chi connectivity index (χ4v) is 2.13. The molecule has 0 atom stereocenters. The zero-order chi connectivity index (χ0) is 18.6. The average molecular weight is 351 g/mol. The molecule has 1 aromatic heterocycles. The molecule has 0 aliphatic carbocycles. The van der Waals surface area contributed by atoms with Crippen molar-refractivity contribution in [2.75, 3.05) is 18.9 Å². The number of nitrogens with zero attached hydrogens (tertiary/aromatic N) is 2. The van der Waals surface area contributed by atoms with Crippen LogP contribution < -0.4 is 5.32 Å². The van der Waals surface area contributed by atoms with Crippen LogP contribution in [0.1, 0.15) is 21.6 Å². The Bertz CT molecular complexity index is 773. The van der Waals surface area contributed by atoms with Gasteiger partial charge in [0, 0.05) is 18.9 Å². The van der Waals surface area contributed by atoms with E-state index in [4.69, 9.17) is 0 Å². The predicted octanol–water partition coefficient (Wildman–Crippen LogP) is 3.12. The Morgan fingerprint density at radius 3 is 2.44 bits per heavy atom. The van der Waals surface area contributed by atoms with Gasteiger partial charge in [-0.2, -0.15) is 13.2 Å². The first-order chi connectivity index (χ1) is 11.7. The van der Waals surface area contributed by atoms with Crippen LogP contribution in [0, 0.1) is 6.92 Å². The third-order valence-corrected chi connectivity index (χ3v) is 3.39. The second-order valence-corrected chi connectivity index (χ2v) is 5.44. The van der Waals surface area contributed by atoms with Crippen molar-refractivity contribution in [2.45, 2.75) is 13.1 Å². The molecule has 132 valence electrons. The molecule has 2 rings (SSSR count). The van der Waals surface area contributed by atoms with E-state index in [2.05, 4.69) is 10.3 Å². The smallest absolute Gasteiger partial charge is 0.332 e. The maximum atomic E-state index is 12.9. The van der Waals surface area contributed by atoms with Crippen molar-refractivity contribution >= 4 is 17.5 Å². The molecule has 0 aliphatic heterocycles. The fraction of sp³-hybridized carbons (Fsp3) is 0.235. The van der Waals surface area contributed by atoms with Crippen LogP contribution in [0.25, 0.3) is 0 Å². The van der Waals surface area contributed by atoms with E-state index in [1.807, 2.05) is 0 Å². The molecule has 2 aromatic rings. The summed E-state index contributed by atoms with van der Waals surface area (Å²) >= 11 is 0. The highest BCUT2D eigenvalue weighted by Crippen LogP contribution is 2.34. The van der Waals surface area contributed by atoms with Gasteiger partial charge in [-0.1, -0.05) is 12.1 Å². The molecular formula is C17H16F3N3O2. The maximum absolute atomic E-state index is 12.9. The summed E-state index contributed by atoms with van der Waals surface area (Å²) in [7, 11) is 1.39. The molecule has 0 saturated carbocycles. The summed E-state index contributed by atoms with van der Waals surface area (Å²) in [5, 5.41) is 2.19. The molecule has 0 unspecified atom stereocenters. The highest BCUT2D eigenvalue weighted by Gasteiger charge is 2.33. The summed E-state index contributed by atoms with van der Waals surface area (Å²) in [6.45, 7) is 1.38. The van der Waals surface area contributed by atoms with Gasteiger partial charge in [0.2, 0.25) is 5.91 Å². The van der Waals surface area contributed by atoms with Gasteiger partial charge in [0.05, 0.1) is 23.4 Å². The lowest BCUT2D eigenvalue weighted by molar-refractivity contribution is -0.137. The molecule has 0 aliphatic rings. The number of amides is 2. The SMILES string of the molecule is Cc1ccc(C(=O)N(C)CC(=O)Nc2ccccc2C(F)(F)F)cn1. The number of halogens is 3. The van der Waals surface area contributed by atoms with Crippen molar-refractivity contribution in [1.82, 2.24) is 9.88 Å². The number of nitrogens with one attached hydrogen (secondary N) is 1. The van der Waals surface area contributed by atoms with E-state index in [-0.39, 0.29) is 17.8 Å². The molecule has 0 fully saturated rings. The highest BCUT2D eigenvalue weighted by atomic mass is 19.4. The van der Waals surface area contributed by atoms with Gasteiger partial charge in [0.15, 0.2) is 0 Å². The van der Waals surface area contributed by atoms with Gasteiger partial charge in [-0.05, 0) is 31.2 Å². The minimum Gasteiger partial charge on any atom is -0.332 e. The van der Waals surface area contributed by atoms with E-state index < -0.39 is 23.6 Å². The van der Waals surface area contributed by atoms with Crippen LogP contribution in [0.15, 0.2) is 42.6 Å². The number of hydrogen-bond donors (Lipinski definition) is 1. The molecule has 0 spiro atoms. The van der Waals surface area contributed by atoms with Crippen molar-refractivity contribution in [3.05, 3.63) is 59.4 Å². The van der Waals surface area contributed by atoms with Gasteiger partial charge in [0.25, 0.3) is 5.91 Å². The molecular weight excluding hydrogens is 335 g/mol. The number of anilines is 1. The number of pyridine rings is 1. The third kappa shape index (κ3) is 4.79. The second kappa shape index (κ2) is 7.33. The predicted molar refractivity (Wildman–Crippen MR) is 86.0 cm³/mol. The Balaban J connectivity index is 2.05. The lowest BCUT2D eigenvalue weighted by atomic mass is 10.1. The normalized spacial score (nSPS) is 11.1. The molecule has 1 heterocycles. The van der Waals surface area contributed by atoms with Gasteiger partial charge in [-0.15, -0.1) is 0 Å². The van der Waals surface area contributed by atoms with E-state index in [9.17, 15) is 22.8 Å². The second-order valence-electron chi connectivity index (χ2n) is 5.44. The summed E-state index contributed by atoms with van der Waals surface area (Å²) in [6, 6.07) is 7.88. The number of para-hydroxylation sites is 1. The molecule has 0 radical (unpaired) electrons. The molecule has 25 heavy (non-hydrogen) atoms. The first-order valence-electron chi connectivity index (χ1n) is 7.32. The van der Waals surface area contributed by atoms with Crippen molar-refractivity contribution in [3.63, 3.8) is 0 Å². The summed E-state index contributed by atoms with van der Waals surface area (Å²) in [6.07, 6.45) is -3.20. The molecule has 0 saturated heterocycles. The molecule has 5 nitrogen and oxygen atoms in total. The summed E-state index contributed by atoms with van der Waals surface area (Å²) in [4.78, 5) is 29.3. The Labute approximate surface area is 142 Å². The largest absolute Gasteiger partial charge is 0.418 e. The van der Waals surface area contributed by atoms with Gasteiger partial charge in [-0.25, -0.2) is 0 Å². The topological polar surface area (TPSA) is 62.3 Å². The van der Waals surface area contributed by atoms with Crippen LogP contribution in [0.2, 0.25) is 0 Å². The zero-order valence-electron chi connectivity index (χ0n) is 13.6. The molecule has 0 bridgehead atoms. The quantitative estimate of drug-likeness (QED) is 0.921. The van der Waals surface area contributed by atoms with Gasteiger partial charge < -0.3 is 10.2 Å². The van der Waals surface area contributed by atoms with Crippen LogP contribution in [0.5, 0.6) is 0 Å². The molecule has 2 amide bonds. The monoisotopic (exact) mass is 351 g/mol. The lowest BCUT2D eigenvalue weighted by Crippen LogP contribution is -2.35. The van der Waals surface area contributed by atoms with E-state index in [1.165, 1.54) is 25.4 Å². The van der Waals surface area contributed by atoms with E-state index in [0.29, 0.717) is 0 Å². The molecule has 1 N–H and O–H groups in total. The van der Waals surface area contributed by atoms with Gasteiger partial charge in [-0.3, -0.25) is 14.6 Å². The number of benzene rings is 1. The van der Waals surface area contributed by atoms with Gasteiger partial charge in [0.1, 0.15) is 0 Å². The summed E-state index contributed by atoms with van der Waals surface area (Å²) < 4.78 is 38.8. The van der Waals surface area contributed by atoms with Gasteiger partial charge >= 0.3 is 6.18 Å². The number of carbonyl (C=O) groups excluding carboxylic acids is 2. The molecule has 8 heteroatoms. The fourth-order valence-electron chi connectivity index (χ4n) is 2.13. The van der Waals surface area contributed by atoms with Crippen LogP contribution in [-0.2, 0) is 11.0 Å². The van der Waals surface area contributed by atoms with Crippen LogP contribution in [0.3, 0.4) is 0 Å². The van der Waals surface area contributed by atoms with Crippen molar-refractivity contribution in [2.24, 2.45) is 0 Å². The number of rotatable bonds is 4. The number of likely N-dealkylation sites (N-methyl/N-ethyl adjacent to an activating group) is 1. The third-order valence-electron chi connectivity index (χ3n) is 3.39. The number of alkyl halides is 3. The number of aryl methyl sites for hydroxylation is 1. The Morgan fingerprint density at radius 2 is 1.84 bits per heavy atom. The summed E-state index contributed by atoms with van der Waals surface area (Å²) in [5.74, 6) is -1.18. The number of aromatic nitrogens is 1. The minimum atomic E-state index is -4.58. The van der Waals surface area contributed by atoms with Crippen LogP contribution in [-0.4, -0.2) is 35.3 Å². The van der Waals surface area contributed by atoms with E-state index in [1.54, 1.807) is 19.1 Å². The molecule has 1 aromatic carbocycles.